The SMILES string of the molecule is COC(=O)c1ccc(C2=C(Br)C(c3cc(Cl)cc(Cl)c3)(C(F)(F)F)ON2)c2ccccc12. The summed E-state index contributed by atoms with van der Waals surface area (Å²) in [7, 11) is 1.25. The van der Waals surface area contributed by atoms with E-state index in [0.29, 0.717) is 16.3 Å². The summed E-state index contributed by atoms with van der Waals surface area (Å²) in [6.07, 6.45) is -4.88. The van der Waals surface area contributed by atoms with Crippen molar-refractivity contribution in [2.75, 3.05) is 7.11 Å². The zero-order valence-electron chi connectivity index (χ0n) is 16.2. The van der Waals surface area contributed by atoms with Gasteiger partial charge in [0.05, 0.1) is 22.9 Å². The molecule has 0 saturated heterocycles. The van der Waals surface area contributed by atoms with Gasteiger partial charge in [-0.3, -0.25) is 5.48 Å². The van der Waals surface area contributed by atoms with E-state index in [2.05, 4.69) is 21.4 Å². The number of hydroxylamine groups is 1. The Morgan fingerprint density at radius 2 is 1.69 bits per heavy atom. The first-order chi connectivity index (χ1) is 15.1. The lowest BCUT2D eigenvalue weighted by Crippen LogP contribution is -2.44. The molecule has 3 aromatic carbocycles. The summed E-state index contributed by atoms with van der Waals surface area (Å²) in [4.78, 5) is 17.4. The number of hydrogen-bond donors (Lipinski definition) is 1. The minimum absolute atomic E-state index is 0.0290. The van der Waals surface area contributed by atoms with Crippen molar-refractivity contribution in [1.82, 2.24) is 5.48 Å². The average Bonchev–Trinajstić information content (AvgIpc) is 3.09. The molecule has 1 heterocycles. The molecule has 0 spiro atoms. The number of ether oxygens (including phenoxy) is 1. The summed E-state index contributed by atoms with van der Waals surface area (Å²) >= 11 is 15.1. The van der Waals surface area contributed by atoms with Gasteiger partial charge in [-0.1, -0.05) is 53.5 Å². The third-order valence-corrected chi connectivity index (χ3v) is 6.49. The first kappa shape index (κ1) is 22.9. The van der Waals surface area contributed by atoms with Gasteiger partial charge in [0.15, 0.2) is 0 Å². The Hall–Kier alpha value is -2.26. The molecule has 1 aliphatic heterocycles. The summed E-state index contributed by atoms with van der Waals surface area (Å²) in [6.45, 7) is 0. The molecule has 0 saturated carbocycles. The molecule has 1 atom stereocenters. The number of rotatable bonds is 3. The summed E-state index contributed by atoms with van der Waals surface area (Å²) in [5.74, 6) is -0.561. The molecular formula is C22H13BrCl2F3NO3. The van der Waals surface area contributed by atoms with Crippen molar-refractivity contribution < 1.29 is 27.5 Å². The summed E-state index contributed by atoms with van der Waals surface area (Å²) in [6, 6.07) is 13.4. The predicted molar refractivity (Wildman–Crippen MR) is 120 cm³/mol. The summed E-state index contributed by atoms with van der Waals surface area (Å²) in [5, 5.41) is 1.10. The summed E-state index contributed by atoms with van der Waals surface area (Å²) < 4.78 is 47.9. The number of hydrogen-bond acceptors (Lipinski definition) is 4. The summed E-state index contributed by atoms with van der Waals surface area (Å²) in [5.41, 5.74) is -0.0468. The van der Waals surface area contributed by atoms with Crippen molar-refractivity contribution in [1.29, 1.82) is 0 Å². The number of alkyl halides is 3. The zero-order chi connectivity index (χ0) is 23.3. The first-order valence-corrected chi connectivity index (χ1v) is 10.6. The Bertz CT molecular complexity index is 1260. The maximum absolute atomic E-state index is 14.5. The van der Waals surface area contributed by atoms with E-state index in [9.17, 15) is 18.0 Å². The lowest BCUT2D eigenvalue weighted by Gasteiger charge is -2.30. The second kappa shape index (κ2) is 8.26. The molecule has 1 unspecified atom stereocenters. The Balaban J connectivity index is 1.99. The van der Waals surface area contributed by atoms with Crippen molar-refractivity contribution >= 4 is 61.6 Å². The van der Waals surface area contributed by atoms with Crippen LogP contribution in [0.3, 0.4) is 0 Å². The van der Waals surface area contributed by atoms with Crippen LogP contribution in [0.15, 0.2) is 59.1 Å². The Morgan fingerprint density at radius 1 is 1.06 bits per heavy atom. The van der Waals surface area contributed by atoms with Crippen LogP contribution < -0.4 is 5.48 Å². The van der Waals surface area contributed by atoms with Gasteiger partial charge < -0.3 is 4.74 Å². The van der Waals surface area contributed by atoms with E-state index in [1.165, 1.54) is 25.3 Å². The lowest BCUT2D eigenvalue weighted by molar-refractivity contribution is -0.270. The van der Waals surface area contributed by atoms with Crippen molar-refractivity contribution in [3.8, 4) is 0 Å². The normalized spacial score (nSPS) is 18.7. The standard InChI is InChI=1S/C22H13BrCl2F3NO3/c1-31-20(30)17-7-6-16(14-4-2-3-5-15(14)17)18-19(23)21(32-29-18,22(26,27)28)11-8-12(24)10-13(25)9-11/h2-10,29H,1H3. The van der Waals surface area contributed by atoms with Crippen LogP contribution in [0.5, 0.6) is 0 Å². The van der Waals surface area contributed by atoms with Crippen LogP contribution >= 0.6 is 39.1 Å². The Morgan fingerprint density at radius 3 is 2.28 bits per heavy atom. The average molecular weight is 547 g/mol. The van der Waals surface area contributed by atoms with Crippen LogP contribution in [0, 0.1) is 0 Å². The number of benzene rings is 3. The topological polar surface area (TPSA) is 47.6 Å². The lowest BCUT2D eigenvalue weighted by atomic mass is 9.90. The molecule has 0 amide bonds. The van der Waals surface area contributed by atoms with E-state index in [1.54, 1.807) is 24.3 Å². The fourth-order valence-electron chi connectivity index (χ4n) is 3.66. The highest BCUT2D eigenvalue weighted by Crippen LogP contribution is 2.55. The number of methoxy groups -OCH3 is 1. The van der Waals surface area contributed by atoms with E-state index in [4.69, 9.17) is 32.8 Å². The van der Waals surface area contributed by atoms with E-state index < -0.39 is 17.7 Å². The minimum atomic E-state index is -4.88. The van der Waals surface area contributed by atoms with Gasteiger partial charge in [0.25, 0.3) is 0 Å². The second-order valence-electron chi connectivity index (χ2n) is 6.93. The number of esters is 1. The molecule has 4 rings (SSSR count). The van der Waals surface area contributed by atoms with E-state index in [-0.39, 0.29) is 31.4 Å². The molecule has 0 aromatic heterocycles. The monoisotopic (exact) mass is 545 g/mol. The Kier molecular flexibility index (Phi) is 5.92. The molecule has 1 aliphatic rings. The third-order valence-electron chi connectivity index (χ3n) is 5.10. The maximum Gasteiger partial charge on any atom is 0.429 e. The predicted octanol–water partition coefficient (Wildman–Crippen LogP) is 6.99. The quantitative estimate of drug-likeness (QED) is 0.360. The van der Waals surface area contributed by atoms with Gasteiger partial charge >= 0.3 is 12.1 Å². The largest absolute Gasteiger partial charge is 0.465 e. The molecule has 0 aliphatic carbocycles. The number of fused-ring (bicyclic) bond motifs is 1. The number of carbonyl (C=O) groups excluding carboxylic acids is 1. The van der Waals surface area contributed by atoms with Gasteiger partial charge in [-0.05, 0) is 51.0 Å². The fraction of sp³-hybridized carbons (Fsp3) is 0.136. The molecule has 0 fully saturated rings. The van der Waals surface area contributed by atoms with Crippen molar-refractivity contribution in [2.24, 2.45) is 0 Å². The van der Waals surface area contributed by atoms with Gasteiger partial charge in [-0.15, -0.1) is 0 Å². The molecule has 166 valence electrons. The highest BCUT2D eigenvalue weighted by atomic mass is 79.9. The molecule has 1 N–H and O–H groups in total. The third kappa shape index (κ3) is 3.55. The molecular weight excluding hydrogens is 534 g/mol. The van der Waals surface area contributed by atoms with Crippen LogP contribution in [-0.2, 0) is 15.2 Å². The first-order valence-electron chi connectivity index (χ1n) is 9.08. The smallest absolute Gasteiger partial charge is 0.429 e. The molecule has 0 bridgehead atoms. The molecule has 3 aromatic rings. The highest BCUT2D eigenvalue weighted by Gasteiger charge is 2.64. The minimum Gasteiger partial charge on any atom is -0.465 e. The van der Waals surface area contributed by atoms with Crippen molar-refractivity contribution in [2.45, 2.75) is 11.8 Å². The van der Waals surface area contributed by atoms with Crippen molar-refractivity contribution in [3.63, 3.8) is 0 Å². The van der Waals surface area contributed by atoms with Crippen LogP contribution in [-0.4, -0.2) is 19.3 Å². The Labute approximate surface area is 199 Å². The molecule has 32 heavy (non-hydrogen) atoms. The van der Waals surface area contributed by atoms with Gasteiger partial charge in [0.1, 0.15) is 0 Å². The van der Waals surface area contributed by atoms with Gasteiger partial charge in [0.2, 0.25) is 5.60 Å². The molecule has 10 heteroatoms. The van der Waals surface area contributed by atoms with E-state index >= 15 is 0 Å². The van der Waals surface area contributed by atoms with Crippen LogP contribution in [0.4, 0.5) is 13.2 Å². The second-order valence-corrected chi connectivity index (χ2v) is 8.59. The van der Waals surface area contributed by atoms with Crippen molar-refractivity contribution in [3.05, 3.63) is 85.8 Å². The van der Waals surface area contributed by atoms with Crippen LogP contribution in [0.1, 0.15) is 21.5 Å². The van der Waals surface area contributed by atoms with Crippen LogP contribution in [0.25, 0.3) is 16.5 Å². The number of carbonyl (C=O) groups is 1. The highest BCUT2D eigenvalue weighted by molar-refractivity contribution is 9.12. The van der Waals surface area contributed by atoms with Gasteiger partial charge in [-0.25, -0.2) is 9.63 Å². The number of halogens is 6. The molecule has 0 radical (unpaired) electrons. The fourth-order valence-corrected chi connectivity index (χ4v) is 5.02. The molecule has 4 nitrogen and oxygen atoms in total. The van der Waals surface area contributed by atoms with Gasteiger partial charge in [0, 0.05) is 21.2 Å². The zero-order valence-corrected chi connectivity index (χ0v) is 19.3. The van der Waals surface area contributed by atoms with Crippen LogP contribution in [0.2, 0.25) is 10.0 Å². The van der Waals surface area contributed by atoms with Gasteiger partial charge in [-0.2, -0.15) is 13.2 Å². The van der Waals surface area contributed by atoms with E-state index in [1.807, 2.05) is 0 Å². The number of nitrogens with one attached hydrogen (secondary N) is 1. The van der Waals surface area contributed by atoms with E-state index in [0.717, 1.165) is 12.1 Å². The maximum atomic E-state index is 14.5.